The predicted octanol–water partition coefficient (Wildman–Crippen LogP) is 0.257. The van der Waals surface area contributed by atoms with E-state index in [1.54, 1.807) is 6.07 Å². The van der Waals surface area contributed by atoms with Crippen LogP contribution in [0.1, 0.15) is 26.3 Å². The maximum absolute atomic E-state index is 13.8. The van der Waals surface area contributed by atoms with Crippen molar-refractivity contribution in [3.05, 3.63) is 35.6 Å². The third kappa shape index (κ3) is 8.17. The SMILES string of the molecule is COC(=O)C(N=C(N)C#Cc1ccccc1F)=N[C@@H]1O[C@H](COC(C)=O)C(OC(C)=O)C1OC(C)=O. The molecule has 0 amide bonds. The molecule has 2 N–H and O–H groups in total. The number of halogens is 1. The molecular weight excluding hydrogens is 481 g/mol. The number of benzene rings is 1. The third-order valence-corrected chi connectivity index (χ3v) is 4.38. The normalized spacial score (nSPS) is 21.6. The molecule has 1 aliphatic rings. The second-order valence-electron chi connectivity index (χ2n) is 7.19. The number of rotatable bonds is 5. The summed E-state index contributed by atoms with van der Waals surface area (Å²) in [6, 6.07) is 5.68. The number of esters is 4. The van der Waals surface area contributed by atoms with E-state index in [1.807, 2.05) is 0 Å². The second kappa shape index (κ2) is 13.0. The molecule has 4 atom stereocenters. The Kier molecular flexibility index (Phi) is 10.1. The Morgan fingerprint density at radius 1 is 1.06 bits per heavy atom. The topological polar surface area (TPSA) is 165 Å². The first-order chi connectivity index (χ1) is 17.0. The summed E-state index contributed by atoms with van der Waals surface area (Å²) in [5.41, 5.74) is 5.81. The van der Waals surface area contributed by atoms with E-state index in [0.29, 0.717) is 0 Å². The zero-order valence-electron chi connectivity index (χ0n) is 19.8. The highest BCUT2D eigenvalue weighted by atomic mass is 19.1. The predicted molar refractivity (Wildman–Crippen MR) is 121 cm³/mol. The van der Waals surface area contributed by atoms with Gasteiger partial charge in [-0.15, -0.1) is 0 Å². The fourth-order valence-electron chi connectivity index (χ4n) is 2.97. The lowest BCUT2D eigenvalue weighted by molar-refractivity contribution is -0.165. The number of carbonyl (C=O) groups excluding carboxylic acids is 4. The molecule has 1 saturated heterocycles. The summed E-state index contributed by atoms with van der Waals surface area (Å²) >= 11 is 0. The van der Waals surface area contributed by atoms with Gasteiger partial charge in [0.15, 0.2) is 24.3 Å². The summed E-state index contributed by atoms with van der Waals surface area (Å²) in [4.78, 5) is 54.8. The number of hydrogen-bond acceptors (Lipinski definition) is 10. The van der Waals surface area contributed by atoms with Gasteiger partial charge in [0.25, 0.3) is 0 Å². The van der Waals surface area contributed by atoms with Gasteiger partial charge in [-0.2, -0.15) is 4.99 Å². The number of hydrogen-bond donors (Lipinski definition) is 1. The minimum Gasteiger partial charge on any atom is -0.463 e. The van der Waals surface area contributed by atoms with Crippen molar-refractivity contribution in [3.63, 3.8) is 0 Å². The van der Waals surface area contributed by atoms with Crippen molar-refractivity contribution in [1.82, 2.24) is 0 Å². The van der Waals surface area contributed by atoms with Gasteiger partial charge in [0.1, 0.15) is 18.5 Å². The summed E-state index contributed by atoms with van der Waals surface area (Å²) in [7, 11) is 1.05. The number of nitrogens with two attached hydrogens (primary N) is 1. The first-order valence-electron chi connectivity index (χ1n) is 10.4. The average molecular weight is 505 g/mol. The molecule has 0 aliphatic carbocycles. The van der Waals surface area contributed by atoms with Crippen LogP contribution in [0, 0.1) is 17.7 Å². The van der Waals surface area contributed by atoms with E-state index in [0.717, 1.165) is 27.9 Å². The lowest BCUT2D eigenvalue weighted by Crippen LogP contribution is -2.41. The lowest BCUT2D eigenvalue weighted by atomic mass is 10.1. The van der Waals surface area contributed by atoms with E-state index in [1.165, 1.54) is 18.2 Å². The highest BCUT2D eigenvalue weighted by Crippen LogP contribution is 2.29. The molecule has 12 nitrogen and oxygen atoms in total. The van der Waals surface area contributed by atoms with Gasteiger partial charge in [0.05, 0.1) is 12.7 Å². The van der Waals surface area contributed by atoms with Gasteiger partial charge in [-0.3, -0.25) is 14.4 Å². The van der Waals surface area contributed by atoms with Crippen LogP contribution in [-0.4, -0.2) is 73.8 Å². The number of aliphatic imine (C=N–C) groups is 2. The Morgan fingerprint density at radius 3 is 2.28 bits per heavy atom. The fourth-order valence-corrected chi connectivity index (χ4v) is 2.97. The number of nitrogens with zero attached hydrogens (tertiary/aromatic N) is 2. The summed E-state index contributed by atoms with van der Waals surface area (Å²) in [6.07, 6.45) is -5.12. The Morgan fingerprint density at radius 2 is 1.69 bits per heavy atom. The van der Waals surface area contributed by atoms with Crippen LogP contribution in [0.15, 0.2) is 34.3 Å². The van der Waals surface area contributed by atoms with Gasteiger partial charge < -0.3 is 29.4 Å². The minimum absolute atomic E-state index is 0.0405. The van der Waals surface area contributed by atoms with Crippen molar-refractivity contribution in [1.29, 1.82) is 0 Å². The summed E-state index contributed by atoms with van der Waals surface area (Å²) in [6.45, 7) is 3.00. The van der Waals surface area contributed by atoms with Crippen LogP contribution in [0.4, 0.5) is 4.39 Å². The summed E-state index contributed by atoms with van der Waals surface area (Å²) in [5, 5.41) is 0. The second-order valence-corrected chi connectivity index (χ2v) is 7.19. The maximum Gasteiger partial charge on any atom is 0.375 e. The van der Waals surface area contributed by atoms with E-state index in [-0.39, 0.29) is 12.2 Å². The lowest BCUT2D eigenvalue weighted by Gasteiger charge is -2.22. The van der Waals surface area contributed by atoms with E-state index in [2.05, 4.69) is 26.6 Å². The first-order valence-corrected chi connectivity index (χ1v) is 10.4. The highest BCUT2D eigenvalue weighted by Gasteiger charge is 2.50. The average Bonchev–Trinajstić information content (AvgIpc) is 3.10. The molecule has 1 aliphatic heterocycles. The molecule has 1 heterocycles. The standard InChI is InChI=1S/C23H24FN3O9/c1-12(28)33-11-17-19(34-13(2)29)20(35-14(3)30)22(36-17)27-21(23(31)32-4)26-18(25)10-9-15-7-5-6-8-16(15)24/h5-8,17,19-20,22H,11H2,1-4H3,(H2,25,26,27)/t17-,19?,20?,22-/m1/s1. The van der Waals surface area contributed by atoms with Gasteiger partial charge in [0.2, 0.25) is 5.84 Å². The Labute approximate surface area is 205 Å². The van der Waals surface area contributed by atoms with Crippen molar-refractivity contribution < 1.29 is 47.3 Å². The molecule has 36 heavy (non-hydrogen) atoms. The van der Waals surface area contributed by atoms with Crippen molar-refractivity contribution >= 4 is 35.5 Å². The van der Waals surface area contributed by atoms with Gasteiger partial charge in [-0.25, -0.2) is 14.2 Å². The maximum atomic E-state index is 13.8. The van der Waals surface area contributed by atoms with Crippen LogP contribution in [-0.2, 0) is 42.9 Å². The molecule has 0 radical (unpaired) electrons. The van der Waals surface area contributed by atoms with Crippen LogP contribution in [0.3, 0.4) is 0 Å². The van der Waals surface area contributed by atoms with Gasteiger partial charge >= 0.3 is 23.9 Å². The molecule has 0 bridgehead atoms. The molecular formula is C23H24FN3O9. The number of ether oxygens (including phenoxy) is 5. The van der Waals surface area contributed by atoms with E-state index in [4.69, 9.17) is 24.7 Å². The molecule has 1 aromatic carbocycles. The van der Waals surface area contributed by atoms with Gasteiger partial charge in [-0.1, -0.05) is 18.1 Å². The van der Waals surface area contributed by atoms with E-state index in [9.17, 15) is 23.6 Å². The van der Waals surface area contributed by atoms with Crippen molar-refractivity contribution in [2.45, 2.75) is 45.3 Å². The van der Waals surface area contributed by atoms with Crippen LogP contribution in [0.25, 0.3) is 0 Å². The Balaban J connectivity index is 2.45. The number of amidine groups is 2. The Hall–Kier alpha value is -4.31. The van der Waals surface area contributed by atoms with Crippen LogP contribution in [0.2, 0.25) is 0 Å². The number of carbonyl (C=O) groups is 4. The minimum atomic E-state index is -1.44. The van der Waals surface area contributed by atoms with Crippen LogP contribution in [0.5, 0.6) is 0 Å². The number of methoxy groups -OCH3 is 1. The molecule has 2 unspecified atom stereocenters. The highest BCUT2D eigenvalue weighted by molar-refractivity contribution is 6.38. The van der Waals surface area contributed by atoms with Crippen molar-refractivity contribution in [2.75, 3.05) is 13.7 Å². The molecule has 13 heteroatoms. The summed E-state index contributed by atoms with van der Waals surface area (Å²) in [5.74, 6) is 0.0249. The quantitative estimate of drug-likeness (QED) is 0.193. The summed E-state index contributed by atoms with van der Waals surface area (Å²) < 4.78 is 39.5. The molecule has 0 saturated carbocycles. The molecule has 2 rings (SSSR count). The van der Waals surface area contributed by atoms with Gasteiger partial charge in [0, 0.05) is 20.8 Å². The van der Waals surface area contributed by atoms with Gasteiger partial charge in [-0.05, 0) is 18.1 Å². The third-order valence-electron chi connectivity index (χ3n) is 4.38. The van der Waals surface area contributed by atoms with Crippen LogP contribution >= 0.6 is 0 Å². The molecule has 1 aromatic rings. The fraction of sp³-hybridized carbons (Fsp3) is 0.391. The largest absolute Gasteiger partial charge is 0.463 e. The molecule has 192 valence electrons. The van der Waals surface area contributed by atoms with Crippen molar-refractivity contribution in [2.24, 2.45) is 15.7 Å². The zero-order valence-corrected chi connectivity index (χ0v) is 19.8. The van der Waals surface area contributed by atoms with Crippen LogP contribution < -0.4 is 5.73 Å². The molecule has 0 spiro atoms. The molecule has 1 fully saturated rings. The van der Waals surface area contributed by atoms with Crippen molar-refractivity contribution in [3.8, 4) is 11.8 Å². The smallest absolute Gasteiger partial charge is 0.375 e. The van der Waals surface area contributed by atoms with E-state index >= 15 is 0 Å². The monoisotopic (exact) mass is 505 g/mol. The Bertz CT molecular complexity index is 1140. The van der Waals surface area contributed by atoms with E-state index < -0.39 is 65.9 Å². The zero-order chi connectivity index (χ0) is 26.8. The first kappa shape index (κ1) is 27.9. The molecule has 0 aromatic heterocycles.